The first kappa shape index (κ1) is 8.22. The number of alkyl halides is 1. The lowest BCUT2D eigenvalue weighted by molar-refractivity contribution is -0.122. The fourth-order valence-corrected chi connectivity index (χ4v) is 3.82. The smallest absolute Gasteiger partial charge is 0.150 e. The Bertz CT molecular complexity index is 294. The summed E-state index contributed by atoms with van der Waals surface area (Å²) in [5.41, 5.74) is 1.59. The summed E-state index contributed by atoms with van der Waals surface area (Å²) < 4.78 is 0. The molecule has 0 unspecified atom stereocenters. The average molecular weight is 241 g/mol. The molecule has 4 atom stereocenters. The Morgan fingerprint density at radius 2 is 2.15 bits per heavy atom. The van der Waals surface area contributed by atoms with Crippen LogP contribution in [0.4, 0.5) is 0 Å². The number of ketones is 1. The minimum absolute atomic E-state index is 0.141. The maximum absolute atomic E-state index is 11.9. The predicted octanol–water partition coefficient (Wildman–Crippen LogP) is 2.70. The summed E-state index contributed by atoms with van der Waals surface area (Å²) in [4.78, 5) is 12.1. The number of halogens is 1. The standard InChI is InChI=1S/C11H13BrO/c12-9-4-2-7-5-6-1-3-8(10(6)7)11(9)13/h5-6,8-10H,1-4H2/t6-,8+,9-,10-/m1/s1. The number of carbonyl (C=O) groups excluding carboxylic acids is 1. The van der Waals surface area contributed by atoms with Crippen molar-refractivity contribution in [2.24, 2.45) is 17.8 Å². The van der Waals surface area contributed by atoms with Crippen LogP contribution in [0.2, 0.25) is 0 Å². The molecule has 1 nitrogen and oxygen atoms in total. The zero-order chi connectivity index (χ0) is 9.00. The van der Waals surface area contributed by atoms with Gasteiger partial charge in [-0.25, -0.2) is 0 Å². The number of allylic oxidation sites excluding steroid dienone is 2. The van der Waals surface area contributed by atoms with E-state index in [0.717, 1.165) is 25.2 Å². The summed E-state index contributed by atoms with van der Waals surface area (Å²) in [6, 6.07) is 0. The molecule has 0 aliphatic heterocycles. The second-order valence-corrected chi connectivity index (χ2v) is 5.63. The molecule has 0 saturated heterocycles. The molecule has 3 aliphatic rings. The number of Topliss-reactive ketones (excluding diaryl/α,β-unsaturated/α-hetero) is 1. The van der Waals surface area contributed by atoms with E-state index in [9.17, 15) is 4.79 Å². The van der Waals surface area contributed by atoms with Gasteiger partial charge in [-0.2, -0.15) is 0 Å². The van der Waals surface area contributed by atoms with Crippen LogP contribution in [0, 0.1) is 17.8 Å². The summed E-state index contributed by atoms with van der Waals surface area (Å²) in [6.07, 6.45) is 6.98. The molecule has 0 aromatic heterocycles. The summed E-state index contributed by atoms with van der Waals surface area (Å²) in [5.74, 6) is 2.28. The molecule has 0 aromatic carbocycles. The van der Waals surface area contributed by atoms with Crippen molar-refractivity contribution in [1.29, 1.82) is 0 Å². The number of carbonyl (C=O) groups is 1. The highest BCUT2D eigenvalue weighted by Crippen LogP contribution is 2.53. The van der Waals surface area contributed by atoms with Gasteiger partial charge in [0.2, 0.25) is 0 Å². The minimum Gasteiger partial charge on any atom is -0.298 e. The van der Waals surface area contributed by atoms with Crippen LogP contribution in [-0.2, 0) is 4.79 Å². The van der Waals surface area contributed by atoms with Crippen LogP contribution in [-0.4, -0.2) is 10.6 Å². The van der Waals surface area contributed by atoms with E-state index in [4.69, 9.17) is 0 Å². The fourth-order valence-electron chi connectivity index (χ4n) is 3.25. The lowest BCUT2D eigenvalue weighted by atomic mass is 9.72. The lowest BCUT2D eigenvalue weighted by Gasteiger charge is -2.32. The topological polar surface area (TPSA) is 17.1 Å². The molecular weight excluding hydrogens is 228 g/mol. The molecule has 13 heavy (non-hydrogen) atoms. The third-order valence-corrected chi connectivity index (χ3v) is 4.83. The SMILES string of the molecule is O=C1[C@H](Br)CCC2=C[C@H]3CC[C@H]1[C@@H]23. The predicted molar refractivity (Wildman–Crippen MR) is 54.7 cm³/mol. The van der Waals surface area contributed by atoms with Gasteiger partial charge in [-0.3, -0.25) is 4.79 Å². The molecule has 2 heteroatoms. The van der Waals surface area contributed by atoms with E-state index in [0.29, 0.717) is 17.6 Å². The van der Waals surface area contributed by atoms with E-state index >= 15 is 0 Å². The van der Waals surface area contributed by atoms with Gasteiger partial charge in [0.05, 0.1) is 4.83 Å². The van der Waals surface area contributed by atoms with Crippen LogP contribution in [0.25, 0.3) is 0 Å². The monoisotopic (exact) mass is 240 g/mol. The van der Waals surface area contributed by atoms with Crippen LogP contribution in [0.3, 0.4) is 0 Å². The van der Waals surface area contributed by atoms with E-state index in [-0.39, 0.29) is 4.83 Å². The summed E-state index contributed by atoms with van der Waals surface area (Å²) in [5, 5.41) is 0. The molecule has 3 rings (SSSR count). The van der Waals surface area contributed by atoms with Gasteiger partial charge in [0.25, 0.3) is 0 Å². The normalized spacial score (nSPS) is 47.8. The fraction of sp³-hybridized carbons (Fsp3) is 0.727. The molecular formula is C11H13BrO. The van der Waals surface area contributed by atoms with Crippen molar-refractivity contribution in [1.82, 2.24) is 0 Å². The Morgan fingerprint density at radius 1 is 1.31 bits per heavy atom. The van der Waals surface area contributed by atoms with Crippen molar-refractivity contribution < 1.29 is 4.79 Å². The number of hydrogen-bond acceptors (Lipinski definition) is 1. The highest BCUT2D eigenvalue weighted by Gasteiger charge is 2.48. The van der Waals surface area contributed by atoms with E-state index in [1.807, 2.05) is 0 Å². The number of rotatable bonds is 0. The molecule has 70 valence electrons. The maximum Gasteiger partial charge on any atom is 0.150 e. The van der Waals surface area contributed by atoms with E-state index < -0.39 is 0 Å². The van der Waals surface area contributed by atoms with E-state index in [1.54, 1.807) is 5.57 Å². The third-order valence-electron chi connectivity index (χ3n) is 3.92. The van der Waals surface area contributed by atoms with E-state index in [1.165, 1.54) is 6.42 Å². The van der Waals surface area contributed by atoms with Crippen molar-refractivity contribution in [3.8, 4) is 0 Å². The zero-order valence-corrected chi connectivity index (χ0v) is 9.09. The molecule has 0 aromatic rings. The summed E-state index contributed by atoms with van der Waals surface area (Å²) in [7, 11) is 0. The van der Waals surface area contributed by atoms with Crippen molar-refractivity contribution in [3.63, 3.8) is 0 Å². The Kier molecular flexibility index (Phi) is 1.70. The van der Waals surface area contributed by atoms with Gasteiger partial charge < -0.3 is 0 Å². The van der Waals surface area contributed by atoms with Crippen LogP contribution >= 0.6 is 15.9 Å². The minimum atomic E-state index is 0.141. The first-order chi connectivity index (χ1) is 6.27. The van der Waals surface area contributed by atoms with E-state index in [2.05, 4.69) is 22.0 Å². The Balaban J connectivity index is 1.97. The van der Waals surface area contributed by atoms with Crippen LogP contribution in [0.5, 0.6) is 0 Å². The molecule has 2 fully saturated rings. The van der Waals surface area contributed by atoms with Crippen LogP contribution in [0.1, 0.15) is 25.7 Å². The molecule has 2 saturated carbocycles. The van der Waals surface area contributed by atoms with Gasteiger partial charge in [-0.1, -0.05) is 27.6 Å². The molecule has 0 radical (unpaired) electrons. The van der Waals surface area contributed by atoms with Crippen LogP contribution < -0.4 is 0 Å². The average Bonchev–Trinajstić information content (AvgIpc) is 2.38. The first-order valence-electron chi connectivity index (χ1n) is 5.16. The second kappa shape index (κ2) is 2.69. The van der Waals surface area contributed by atoms with Crippen molar-refractivity contribution >= 4 is 21.7 Å². The molecule has 0 N–H and O–H groups in total. The van der Waals surface area contributed by atoms with Gasteiger partial charge in [-0.15, -0.1) is 0 Å². The zero-order valence-electron chi connectivity index (χ0n) is 7.50. The van der Waals surface area contributed by atoms with Gasteiger partial charge >= 0.3 is 0 Å². The van der Waals surface area contributed by atoms with Crippen LogP contribution in [0.15, 0.2) is 11.6 Å². The highest BCUT2D eigenvalue weighted by atomic mass is 79.9. The largest absolute Gasteiger partial charge is 0.298 e. The van der Waals surface area contributed by atoms with Gasteiger partial charge in [0, 0.05) is 5.92 Å². The number of hydrogen-bond donors (Lipinski definition) is 0. The van der Waals surface area contributed by atoms with Crippen molar-refractivity contribution in [2.45, 2.75) is 30.5 Å². The molecule has 0 spiro atoms. The first-order valence-corrected chi connectivity index (χ1v) is 6.07. The summed E-state index contributed by atoms with van der Waals surface area (Å²) >= 11 is 3.51. The van der Waals surface area contributed by atoms with Gasteiger partial charge in [-0.05, 0) is 37.5 Å². The van der Waals surface area contributed by atoms with Gasteiger partial charge in [0.1, 0.15) is 5.78 Å². The highest BCUT2D eigenvalue weighted by molar-refractivity contribution is 9.10. The summed E-state index contributed by atoms with van der Waals surface area (Å²) in [6.45, 7) is 0. The molecule has 0 bridgehead atoms. The Hall–Kier alpha value is -0.110. The molecule has 0 heterocycles. The second-order valence-electron chi connectivity index (χ2n) is 4.52. The quantitative estimate of drug-likeness (QED) is 0.470. The Morgan fingerprint density at radius 3 is 3.00 bits per heavy atom. The van der Waals surface area contributed by atoms with Crippen molar-refractivity contribution in [3.05, 3.63) is 11.6 Å². The molecule has 0 amide bonds. The van der Waals surface area contributed by atoms with Gasteiger partial charge in [0.15, 0.2) is 0 Å². The lowest BCUT2D eigenvalue weighted by Crippen LogP contribution is -2.29. The molecule has 3 aliphatic carbocycles. The maximum atomic E-state index is 11.9. The van der Waals surface area contributed by atoms with Crippen molar-refractivity contribution in [2.75, 3.05) is 0 Å². The third kappa shape index (κ3) is 1.01. The Labute approximate surface area is 86.7 Å².